The minimum Gasteiger partial charge on any atom is -0.493 e. The van der Waals surface area contributed by atoms with Gasteiger partial charge in [0.05, 0.1) is 25.0 Å². The van der Waals surface area contributed by atoms with E-state index in [1.54, 1.807) is 19.2 Å². The number of hydrogen-bond donors (Lipinski definition) is 1. The maximum absolute atomic E-state index is 13.2. The van der Waals surface area contributed by atoms with E-state index in [0.717, 1.165) is 37.8 Å². The molecule has 1 aliphatic carbocycles. The van der Waals surface area contributed by atoms with E-state index in [9.17, 15) is 4.79 Å². The lowest BCUT2D eigenvalue weighted by Gasteiger charge is -2.22. The maximum atomic E-state index is 13.2. The number of carbonyl (C=O) groups excluding carboxylic acids is 1. The van der Waals surface area contributed by atoms with Crippen LogP contribution in [0, 0.1) is 0 Å². The number of allylic oxidation sites excluding steroid dienone is 2. The smallest absolute Gasteiger partial charge is 0.260 e. The number of nitrogens with two attached hydrogens (primary N) is 1. The molecule has 1 aromatic carbocycles. The van der Waals surface area contributed by atoms with E-state index in [4.69, 9.17) is 15.2 Å². The first-order chi connectivity index (χ1) is 14.6. The third-order valence-electron chi connectivity index (χ3n) is 4.96. The molecule has 6 heteroatoms. The first-order valence-corrected chi connectivity index (χ1v) is 10.8. The number of ether oxygens (including phenoxy) is 2. The third kappa shape index (κ3) is 5.72. The van der Waals surface area contributed by atoms with E-state index in [1.807, 2.05) is 4.90 Å². The Morgan fingerprint density at radius 1 is 1.23 bits per heavy atom. The largest absolute Gasteiger partial charge is 0.493 e. The number of carbonyl (C=O) groups is 1. The van der Waals surface area contributed by atoms with Gasteiger partial charge in [-0.25, -0.2) is 0 Å². The van der Waals surface area contributed by atoms with Crippen molar-refractivity contribution in [3.05, 3.63) is 41.1 Å². The summed E-state index contributed by atoms with van der Waals surface area (Å²) in [7, 11) is 1.57. The van der Waals surface area contributed by atoms with Gasteiger partial charge in [-0.3, -0.25) is 9.79 Å². The number of aliphatic imine (C=N–C) groups is 1. The molecule has 6 nitrogen and oxygen atoms in total. The van der Waals surface area contributed by atoms with Crippen molar-refractivity contribution in [1.82, 2.24) is 4.90 Å². The van der Waals surface area contributed by atoms with Gasteiger partial charge in [-0.2, -0.15) is 0 Å². The fourth-order valence-electron chi connectivity index (χ4n) is 3.51. The van der Waals surface area contributed by atoms with Crippen LogP contribution in [0.4, 0.5) is 5.69 Å². The van der Waals surface area contributed by atoms with Crippen LogP contribution < -0.4 is 15.2 Å². The summed E-state index contributed by atoms with van der Waals surface area (Å²) in [5, 5.41) is 0. The molecule has 1 amide bonds. The van der Waals surface area contributed by atoms with Gasteiger partial charge in [0.25, 0.3) is 5.91 Å². The molecule has 0 saturated carbocycles. The van der Waals surface area contributed by atoms with Gasteiger partial charge in [-0.15, -0.1) is 0 Å². The summed E-state index contributed by atoms with van der Waals surface area (Å²) in [5.74, 6) is 1.00. The van der Waals surface area contributed by atoms with Crippen molar-refractivity contribution < 1.29 is 14.3 Å². The quantitative estimate of drug-likeness (QED) is 0.480. The van der Waals surface area contributed by atoms with Crippen LogP contribution in [0.1, 0.15) is 62.7 Å². The fourth-order valence-corrected chi connectivity index (χ4v) is 3.51. The molecule has 0 radical (unpaired) electrons. The molecule has 1 heterocycles. The Balaban J connectivity index is 0.00000101. The fraction of sp³-hybridized carbons (Fsp3) is 0.500. The molecule has 0 fully saturated rings. The second kappa shape index (κ2) is 12.2. The van der Waals surface area contributed by atoms with E-state index in [0.29, 0.717) is 42.4 Å². The van der Waals surface area contributed by atoms with Gasteiger partial charge < -0.3 is 20.1 Å². The second-order valence-electron chi connectivity index (χ2n) is 7.37. The van der Waals surface area contributed by atoms with Gasteiger partial charge in [0, 0.05) is 18.3 Å². The normalized spacial score (nSPS) is 14.7. The molecular weight excluding hydrogens is 378 g/mol. The Morgan fingerprint density at radius 2 is 2.00 bits per heavy atom. The summed E-state index contributed by atoms with van der Waals surface area (Å²) in [6, 6.07) is 3.43. The first-order valence-electron chi connectivity index (χ1n) is 10.8. The lowest BCUT2D eigenvalue weighted by molar-refractivity contribution is 0.0823. The molecule has 2 N–H and O–H groups in total. The Bertz CT molecular complexity index is 799. The molecule has 3 rings (SSSR count). The molecule has 0 unspecified atom stereocenters. The molecule has 164 valence electrons. The van der Waals surface area contributed by atoms with E-state index >= 15 is 0 Å². The molecule has 0 bridgehead atoms. The monoisotopic (exact) mass is 413 g/mol. The lowest BCUT2D eigenvalue weighted by atomic mass is 10.0. The molecule has 0 aromatic heterocycles. The van der Waals surface area contributed by atoms with Crippen molar-refractivity contribution in [3.8, 4) is 11.5 Å². The number of methoxy groups -OCH3 is 1. The Hall–Kier alpha value is -2.60. The molecule has 1 aromatic rings. The highest BCUT2D eigenvalue weighted by Gasteiger charge is 2.29. The molecule has 2 aliphatic rings. The zero-order chi connectivity index (χ0) is 21.9. The van der Waals surface area contributed by atoms with Crippen molar-refractivity contribution >= 4 is 18.3 Å². The summed E-state index contributed by atoms with van der Waals surface area (Å²) in [6.45, 7) is 9.74. The van der Waals surface area contributed by atoms with Gasteiger partial charge in [-0.1, -0.05) is 26.3 Å². The summed E-state index contributed by atoms with van der Waals surface area (Å²) < 4.78 is 11.3. The zero-order valence-corrected chi connectivity index (χ0v) is 18.6. The minimum atomic E-state index is -0.0815. The third-order valence-corrected chi connectivity index (χ3v) is 4.96. The zero-order valence-electron chi connectivity index (χ0n) is 18.6. The highest BCUT2D eigenvalue weighted by molar-refractivity contribution is 6.01. The van der Waals surface area contributed by atoms with Gasteiger partial charge >= 0.3 is 0 Å². The van der Waals surface area contributed by atoms with Gasteiger partial charge in [0.15, 0.2) is 11.5 Å². The van der Waals surface area contributed by atoms with Crippen LogP contribution in [0.5, 0.6) is 11.5 Å². The molecule has 0 spiro atoms. The van der Waals surface area contributed by atoms with Crippen LogP contribution >= 0.6 is 0 Å². The number of rotatable bonds is 8. The number of unbranched alkanes of at least 4 members (excludes halogenated alkanes) is 1. The maximum Gasteiger partial charge on any atom is 0.260 e. The van der Waals surface area contributed by atoms with E-state index in [-0.39, 0.29) is 5.91 Å². The predicted molar refractivity (Wildman–Crippen MR) is 123 cm³/mol. The summed E-state index contributed by atoms with van der Waals surface area (Å²) in [5.41, 5.74) is 8.88. The van der Waals surface area contributed by atoms with Crippen LogP contribution in [0.2, 0.25) is 0 Å². The number of benzene rings is 1. The highest BCUT2D eigenvalue weighted by Crippen LogP contribution is 2.38. The summed E-state index contributed by atoms with van der Waals surface area (Å²) in [6.07, 6.45) is 10.2. The van der Waals surface area contributed by atoms with E-state index < -0.39 is 0 Å². The molecule has 30 heavy (non-hydrogen) atoms. The average molecular weight is 414 g/mol. The van der Waals surface area contributed by atoms with Crippen molar-refractivity contribution in [2.45, 2.75) is 52.4 Å². The van der Waals surface area contributed by atoms with Crippen molar-refractivity contribution in [1.29, 1.82) is 0 Å². The molecule has 0 atom stereocenters. The summed E-state index contributed by atoms with van der Waals surface area (Å²) in [4.78, 5) is 19.1. The SMILES string of the molecule is C=Nc1cc(OCCCCN)c(OC)cc1C(=O)N1CCC2=C1C=CCC2.CCC. The summed E-state index contributed by atoms with van der Waals surface area (Å²) >= 11 is 0. The van der Waals surface area contributed by atoms with Crippen LogP contribution in [0.25, 0.3) is 0 Å². The number of nitrogens with zero attached hydrogens (tertiary/aromatic N) is 2. The van der Waals surface area contributed by atoms with Crippen LogP contribution in [0.3, 0.4) is 0 Å². The topological polar surface area (TPSA) is 77.1 Å². The van der Waals surface area contributed by atoms with Crippen molar-refractivity contribution in [2.75, 3.05) is 26.8 Å². The Morgan fingerprint density at radius 3 is 2.67 bits per heavy atom. The molecular formula is C24H35N3O3. The predicted octanol–water partition coefficient (Wildman–Crippen LogP) is 5.01. The van der Waals surface area contributed by atoms with Crippen LogP contribution in [0.15, 0.2) is 40.5 Å². The standard InChI is InChI=1S/C21H27N3O3.C3H8/c1-23-17-14-20(27-12-6-5-10-22)19(26-2)13-16(17)21(25)24-11-9-15-7-3-4-8-18(15)24;1-3-2/h4,8,13-14H,1,3,5-7,9-12,22H2,2H3;3H2,1-2H3. The molecule has 1 aliphatic heterocycles. The number of amides is 1. The van der Waals surface area contributed by atoms with Crippen LogP contribution in [-0.2, 0) is 0 Å². The Kier molecular flexibility index (Phi) is 9.61. The second-order valence-corrected chi connectivity index (χ2v) is 7.37. The van der Waals surface area contributed by atoms with Crippen molar-refractivity contribution in [3.63, 3.8) is 0 Å². The van der Waals surface area contributed by atoms with E-state index in [1.165, 1.54) is 12.0 Å². The first kappa shape index (κ1) is 23.7. The van der Waals surface area contributed by atoms with Crippen molar-refractivity contribution in [2.24, 2.45) is 10.7 Å². The van der Waals surface area contributed by atoms with Gasteiger partial charge in [0.2, 0.25) is 0 Å². The average Bonchev–Trinajstić information content (AvgIpc) is 3.20. The van der Waals surface area contributed by atoms with E-state index in [2.05, 4.69) is 37.7 Å². The Labute approximate surface area is 180 Å². The minimum absolute atomic E-state index is 0.0815. The number of hydrogen-bond acceptors (Lipinski definition) is 5. The van der Waals surface area contributed by atoms with Gasteiger partial charge in [-0.05, 0) is 63.1 Å². The molecule has 0 saturated heterocycles. The lowest BCUT2D eigenvalue weighted by Crippen LogP contribution is -2.27. The highest BCUT2D eigenvalue weighted by atomic mass is 16.5. The van der Waals surface area contributed by atoms with Crippen LogP contribution in [-0.4, -0.2) is 44.3 Å². The van der Waals surface area contributed by atoms with Gasteiger partial charge in [0.1, 0.15) is 0 Å².